The van der Waals surface area contributed by atoms with E-state index in [1.807, 2.05) is 13.8 Å². The molecule has 0 aliphatic carbocycles. The summed E-state index contributed by atoms with van der Waals surface area (Å²) in [4.78, 5) is 20.3. The van der Waals surface area contributed by atoms with Crippen LogP contribution in [0.4, 0.5) is 0 Å². The zero-order valence-electron chi connectivity index (χ0n) is 18.3. The maximum absolute atomic E-state index is 10.5. The summed E-state index contributed by atoms with van der Waals surface area (Å²) < 4.78 is 20.4. The Morgan fingerprint density at radius 1 is 0.714 bits per heavy atom. The molecule has 0 amide bonds. The summed E-state index contributed by atoms with van der Waals surface area (Å²) in [6, 6.07) is 0. The second-order valence-corrected chi connectivity index (χ2v) is 5.57. The average Bonchev–Trinajstić information content (AvgIpc) is 2.70. The predicted octanol–water partition coefficient (Wildman–Crippen LogP) is 1.72. The first-order valence-corrected chi connectivity index (χ1v) is 10.3. The van der Waals surface area contributed by atoms with Crippen LogP contribution >= 0.6 is 0 Å². The SMILES string of the molecule is CC.CC(=O)COCCCOCCCCCN.NCCOCCCOCC=O. The van der Waals surface area contributed by atoms with Crippen molar-refractivity contribution in [2.45, 2.75) is 52.9 Å². The number of hydrogen-bond acceptors (Lipinski definition) is 8. The van der Waals surface area contributed by atoms with E-state index < -0.39 is 0 Å². The molecule has 0 spiro atoms. The van der Waals surface area contributed by atoms with Gasteiger partial charge in [-0.05, 0) is 45.6 Å². The standard InChI is InChI=1S/C11H23NO3.C7H15NO3.C2H6/c1-11(13)10-15-9-5-8-14-7-4-2-3-6-12;8-2-6-10-4-1-5-11-7-3-9;1-2/h2-10,12H2,1H3;3H,1-2,4-8H2;1-2H3. The largest absolute Gasteiger partial charge is 0.381 e. The number of unbranched alkanes of at least 4 members (excludes halogenated alkanes) is 2. The number of hydrogen-bond donors (Lipinski definition) is 2. The zero-order chi connectivity index (χ0) is 21.7. The van der Waals surface area contributed by atoms with Gasteiger partial charge in [0.2, 0.25) is 0 Å². The first-order valence-electron chi connectivity index (χ1n) is 10.3. The summed E-state index contributed by atoms with van der Waals surface area (Å²) in [5, 5.41) is 0. The van der Waals surface area contributed by atoms with Crippen molar-refractivity contribution in [2.75, 3.05) is 65.9 Å². The topological polar surface area (TPSA) is 123 Å². The van der Waals surface area contributed by atoms with Crippen molar-refractivity contribution >= 4 is 12.1 Å². The lowest BCUT2D eigenvalue weighted by molar-refractivity contribution is -0.121. The van der Waals surface area contributed by atoms with Crippen LogP contribution in [0.1, 0.15) is 52.9 Å². The number of carbonyl (C=O) groups excluding carboxylic acids is 2. The number of Topliss-reactive ketones (excluding diaryl/α,β-unsaturated/α-hetero) is 1. The van der Waals surface area contributed by atoms with Gasteiger partial charge in [0.15, 0.2) is 5.78 Å². The minimum Gasteiger partial charge on any atom is -0.381 e. The van der Waals surface area contributed by atoms with E-state index in [9.17, 15) is 9.59 Å². The van der Waals surface area contributed by atoms with E-state index in [4.69, 9.17) is 30.4 Å². The minimum atomic E-state index is 0.0673. The smallest absolute Gasteiger partial charge is 0.155 e. The molecule has 0 unspecified atom stereocenters. The Balaban J connectivity index is -0.000000426. The van der Waals surface area contributed by atoms with Gasteiger partial charge in [-0.15, -0.1) is 0 Å². The minimum absolute atomic E-state index is 0.0673. The van der Waals surface area contributed by atoms with Crippen molar-refractivity contribution in [1.82, 2.24) is 0 Å². The molecule has 0 rings (SSSR count). The van der Waals surface area contributed by atoms with Crippen LogP contribution in [0.3, 0.4) is 0 Å². The molecule has 0 saturated carbocycles. The van der Waals surface area contributed by atoms with Crippen molar-refractivity contribution < 1.29 is 28.5 Å². The van der Waals surface area contributed by atoms with Crippen LogP contribution in [0.15, 0.2) is 0 Å². The molecule has 8 heteroatoms. The molecule has 0 fully saturated rings. The molecule has 0 aromatic rings. The average molecular weight is 409 g/mol. The molecule has 0 saturated heterocycles. The second-order valence-electron chi connectivity index (χ2n) is 5.57. The molecular formula is C20H44N2O6. The van der Waals surface area contributed by atoms with Crippen molar-refractivity contribution in [3.05, 3.63) is 0 Å². The van der Waals surface area contributed by atoms with Gasteiger partial charge in [-0.1, -0.05) is 13.8 Å². The molecule has 0 bridgehead atoms. The van der Waals surface area contributed by atoms with E-state index in [0.29, 0.717) is 39.6 Å². The number of rotatable bonds is 19. The van der Waals surface area contributed by atoms with Gasteiger partial charge in [-0.3, -0.25) is 4.79 Å². The Morgan fingerprint density at radius 2 is 1.25 bits per heavy atom. The summed E-state index contributed by atoms with van der Waals surface area (Å²) in [5.41, 5.74) is 10.6. The van der Waals surface area contributed by atoms with Gasteiger partial charge in [-0.25, -0.2) is 0 Å². The molecular weight excluding hydrogens is 364 g/mol. The van der Waals surface area contributed by atoms with Gasteiger partial charge in [0.05, 0.1) is 6.61 Å². The van der Waals surface area contributed by atoms with E-state index in [1.54, 1.807) is 0 Å². The lowest BCUT2D eigenvalue weighted by Crippen LogP contribution is -2.10. The highest BCUT2D eigenvalue weighted by Crippen LogP contribution is 1.95. The third-order valence-electron chi connectivity index (χ3n) is 2.90. The summed E-state index contributed by atoms with van der Waals surface area (Å²) >= 11 is 0. The van der Waals surface area contributed by atoms with Crippen LogP contribution in [-0.4, -0.2) is 78.0 Å². The second kappa shape index (κ2) is 33.7. The maximum atomic E-state index is 10.5. The van der Waals surface area contributed by atoms with Crippen LogP contribution in [0, 0.1) is 0 Å². The lowest BCUT2D eigenvalue weighted by Gasteiger charge is -2.04. The summed E-state index contributed by atoms with van der Waals surface area (Å²) in [6.45, 7) is 11.2. The third-order valence-corrected chi connectivity index (χ3v) is 2.90. The summed E-state index contributed by atoms with van der Waals surface area (Å²) in [6.07, 6.45) is 5.69. The van der Waals surface area contributed by atoms with Crippen LogP contribution in [0.5, 0.6) is 0 Å². The lowest BCUT2D eigenvalue weighted by atomic mass is 10.2. The van der Waals surface area contributed by atoms with Gasteiger partial charge in [-0.2, -0.15) is 0 Å². The molecule has 0 aliphatic rings. The highest BCUT2D eigenvalue weighted by molar-refractivity contribution is 5.76. The van der Waals surface area contributed by atoms with Gasteiger partial charge in [0, 0.05) is 39.6 Å². The quantitative estimate of drug-likeness (QED) is 0.245. The molecule has 0 aromatic heterocycles. The zero-order valence-corrected chi connectivity index (χ0v) is 18.3. The normalized spacial score (nSPS) is 9.75. The number of aldehydes is 1. The Kier molecular flexibility index (Phi) is 38.2. The van der Waals surface area contributed by atoms with E-state index >= 15 is 0 Å². The van der Waals surface area contributed by atoms with Crippen LogP contribution in [0.25, 0.3) is 0 Å². The Morgan fingerprint density at radius 3 is 1.79 bits per heavy atom. The molecule has 0 aromatic carbocycles. The molecule has 4 N–H and O–H groups in total. The van der Waals surface area contributed by atoms with Crippen LogP contribution in [0.2, 0.25) is 0 Å². The van der Waals surface area contributed by atoms with Crippen molar-refractivity contribution in [3.8, 4) is 0 Å². The van der Waals surface area contributed by atoms with Gasteiger partial charge < -0.3 is 35.2 Å². The summed E-state index contributed by atoms with van der Waals surface area (Å²) in [5.74, 6) is 0.0673. The molecule has 28 heavy (non-hydrogen) atoms. The molecule has 8 nitrogen and oxygen atoms in total. The Bertz CT molecular complexity index is 294. The van der Waals surface area contributed by atoms with E-state index in [1.165, 1.54) is 6.92 Å². The molecule has 0 atom stereocenters. The number of carbonyl (C=O) groups is 2. The van der Waals surface area contributed by atoms with E-state index in [2.05, 4.69) is 0 Å². The molecule has 170 valence electrons. The maximum Gasteiger partial charge on any atom is 0.155 e. The number of ketones is 1. The predicted molar refractivity (Wildman–Crippen MR) is 113 cm³/mol. The first-order chi connectivity index (χ1) is 13.7. The van der Waals surface area contributed by atoms with Gasteiger partial charge in [0.25, 0.3) is 0 Å². The first kappa shape index (κ1) is 31.8. The van der Waals surface area contributed by atoms with Crippen LogP contribution < -0.4 is 11.5 Å². The van der Waals surface area contributed by atoms with Crippen molar-refractivity contribution in [3.63, 3.8) is 0 Å². The fourth-order valence-corrected chi connectivity index (χ4v) is 1.69. The van der Waals surface area contributed by atoms with Gasteiger partial charge >= 0.3 is 0 Å². The highest BCUT2D eigenvalue weighted by atomic mass is 16.5. The fourth-order valence-electron chi connectivity index (χ4n) is 1.69. The molecule has 0 aliphatic heterocycles. The van der Waals surface area contributed by atoms with Crippen LogP contribution in [-0.2, 0) is 28.5 Å². The number of nitrogens with two attached hydrogens (primary N) is 2. The van der Waals surface area contributed by atoms with E-state index in [0.717, 1.165) is 51.5 Å². The van der Waals surface area contributed by atoms with Crippen molar-refractivity contribution in [1.29, 1.82) is 0 Å². The van der Waals surface area contributed by atoms with Gasteiger partial charge in [0.1, 0.15) is 19.5 Å². The number of ether oxygens (including phenoxy) is 4. The fraction of sp³-hybridized carbons (Fsp3) is 0.900. The van der Waals surface area contributed by atoms with Crippen molar-refractivity contribution in [2.24, 2.45) is 11.5 Å². The molecule has 0 heterocycles. The third kappa shape index (κ3) is 40.0. The molecule has 0 radical (unpaired) electrons. The Labute approximate surface area is 171 Å². The Hall–Kier alpha value is -0.900. The highest BCUT2D eigenvalue weighted by Gasteiger charge is 1.94. The summed E-state index contributed by atoms with van der Waals surface area (Å²) in [7, 11) is 0. The monoisotopic (exact) mass is 408 g/mol. The van der Waals surface area contributed by atoms with E-state index in [-0.39, 0.29) is 19.0 Å².